The number of halogens is 6. The lowest BCUT2D eigenvalue weighted by Crippen LogP contribution is -2.08. The van der Waals surface area contributed by atoms with Gasteiger partial charge in [-0.3, -0.25) is 10.1 Å². The molecule has 0 saturated carbocycles. The summed E-state index contributed by atoms with van der Waals surface area (Å²) in [5, 5.41) is 11.1. The summed E-state index contributed by atoms with van der Waals surface area (Å²) in [6.45, 7) is 1.93. The Labute approximate surface area is 196 Å². The molecule has 0 heterocycles. The van der Waals surface area contributed by atoms with Crippen molar-refractivity contribution in [1.29, 1.82) is 0 Å². The SMILES string of the molecule is Cc1cc(Cl)ccc1N.Nc1ccc(Cl)c([N+](=O)[O-])c1.Nc1ccc(Cl)cc1C(F)(F)F. The first-order valence-electron chi connectivity index (χ1n) is 8.55. The van der Waals surface area contributed by atoms with Gasteiger partial charge in [0, 0.05) is 33.2 Å². The topological polar surface area (TPSA) is 121 Å². The molecule has 172 valence electrons. The minimum Gasteiger partial charge on any atom is -0.399 e. The predicted octanol–water partition coefficient (Wildman–Crippen LogP) is 7.00. The summed E-state index contributed by atoms with van der Waals surface area (Å²) in [4.78, 5) is 9.67. The third-order valence-electron chi connectivity index (χ3n) is 3.72. The van der Waals surface area contributed by atoms with Crippen LogP contribution >= 0.6 is 34.8 Å². The Hall–Kier alpha value is -2.88. The summed E-state index contributed by atoms with van der Waals surface area (Å²) in [6, 6.07) is 12.8. The Balaban J connectivity index is 0.000000242. The van der Waals surface area contributed by atoms with E-state index in [4.69, 9.17) is 52.0 Å². The van der Waals surface area contributed by atoms with E-state index in [0.29, 0.717) is 5.69 Å². The fourth-order valence-electron chi connectivity index (χ4n) is 2.08. The van der Waals surface area contributed by atoms with Crippen LogP contribution in [0.4, 0.5) is 35.9 Å². The van der Waals surface area contributed by atoms with Gasteiger partial charge in [0.05, 0.1) is 10.5 Å². The minimum atomic E-state index is -4.44. The van der Waals surface area contributed by atoms with Crippen molar-refractivity contribution in [2.75, 3.05) is 17.2 Å². The molecule has 3 aromatic rings. The van der Waals surface area contributed by atoms with Gasteiger partial charge in [0.1, 0.15) is 5.02 Å². The highest BCUT2D eigenvalue weighted by Gasteiger charge is 2.32. The van der Waals surface area contributed by atoms with Gasteiger partial charge in [-0.1, -0.05) is 34.8 Å². The summed E-state index contributed by atoms with van der Waals surface area (Å²) < 4.78 is 36.3. The Morgan fingerprint density at radius 2 is 1.38 bits per heavy atom. The zero-order chi connectivity index (χ0) is 24.6. The highest BCUT2D eigenvalue weighted by atomic mass is 35.5. The van der Waals surface area contributed by atoms with E-state index in [2.05, 4.69) is 0 Å². The Morgan fingerprint density at radius 3 is 1.78 bits per heavy atom. The molecule has 6 N–H and O–H groups in total. The molecule has 0 aliphatic heterocycles. The van der Waals surface area contributed by atoms with E-state index in [1.54, 1.807) is 12.1 Å². The first-order chi connectivity index (χ1) is 14.7. The molecule has 32 heavy (non-hydrogen) atoms. The first kappa shape index (κ1) is 27.2. The zero-order valence-electron chi connectivity index (χ0n) is 16.5. The van der Waals surface area contributed by atoms with Gasteiger partial charge in [-0.05, 0) is 61.0 Å². The highest BCUT2D eigenvalue weighted by molar-refractivity contribution is 6.32. The highest BCUT2D eigenvalue weighted by Crippen LogP contribution is 2.34. The Morgan fingerprint density at radius 1 is 0.844 bits per heavy atom. The molecule has 0 aromatic heterocycles. The normalized spacial score (nSPS) is 10.3. The van der Waals surface area contributed by atoms with E-state index in [9.17, 15) is 23.3 Å². The van der Waals surface area contributed by atoms with Crippen LogP contribution in [-0.2, 0) is 6.18 Å². The van der Waals surface area contributed by atoms with Gasteiger partial charge in [0.25, 0.3) is 5.69 Å². The summed E-state index contributed by atoms with van der Waals surface area (Å²) in [7, 11) is 0. The van der Waals surface area contributed by atoms with Crippen LogP contribution in [-0.4, -0.2) is 4.92 Å². The van der Waals surface area contributed by atoms with Crippen molar-refractivity contribution in [3.8, 4) is 0 Å². The quantitative estimate of drug-likeness (QED) is 0.185. The van der Waals surface area contributed by atoms with Crippen LogP contribution in [0.2, 0.25) is 15.1 Å². The van der Waals surface area contributed by atoms with Gasteiger partial charge in [-0.2, -0.15) is 13.2 Å². The number of aryl methyl sites for hydroxylation is 1. The molecule has 3 rings (SSSR count). The second-order valence-corrected chi connectivity index (χ2v) is 7.48. The number of nitro benzene ring substituents is 1. The van der Waals surface area contributed by atoms with Gasteiger partial charge >= 0.3 is 6.18 Å². The smallest absolute Gasteiger partial charge is 0.399 e. The molecule has 0 unspecified atom stereocenters. The van der Waals surface area contributed by atoms with E-state index < -0.39 is 16.7 Å². The maximum absolute atomic E-state index is 12.1. The number of anilines is 3. The number of benzene rings is 3. The number of nitrogen functional groups attached to an aromatic ring is 3. The maximum Gasteiger partial charge on any atom is 0.418 e. The largest absolute Gasteiger partial charge is 0.418 e. The molecule has 0 radical (unpaired) electrons. The number of nitrogens with two attached hydrogens (primary N) is 3. The van der Waals surface area contributed by atoms with Crippen molar-refractivity contribution in [3.63, 3.8) is 0 Å². The van der Waals surface area contributed by atoms with Crippen LogP contribution in [0.25, 0.3) is 0 Å². The third kappa shape index (κ3) is 8.70. The molecule has 0 saturated heterocycles. The molecule has 0 spiro atoms. The fraction of sp³-hybridized carbons (Fsp3) is 0.100. The number of hydrogen-bond acceptors (Lipinski definition) is 5. The standard InChI is InChI=1S/C7H5ClF3N.C7H8ClN.C6H5ClN2O2/c8-4-1-2-6(12)5(3-4)7(9,10)11;1-5-4-6(8)2-3-7(5)9;7-5-2-1-4(8)3-6(5)9(10)11/h1-3H,12H2;2-4H,9H2,1H3;1-3H,8H2. The van der Waals surface area contributed by atoms with Crippen LogP contribution < -0.4 is 17.2 Å². The van der Waals surface area contributed by atoms with Crippen molar-refractivity contribution < 1.29 is 18.1 Å². The summed E-state index contributed by atoms with van der Waals surface area (Å²) in [6.07, 6.45) is -4.44. The van der Waals surface area contributed by atoms with Crippen molar-refractivity contribution in [2.45, 2.75) is 13.1 Å². The molecule has 0 aliphatic carbocycles. The van der Waals surface area contributed by atoms with Gasteiger partial charge < -0.3 is 17.2 Å². The minimum absolute atomic E-state index is 0.0246. The van der Waals surface area contributed by atoms with Crippen molar-refractivity contribution >= 4 is 57.6 Å². The molecule has 6 nitrogen and oxygen atoms in total. The van der Waals surface area contributed by atoms with Gasteiger partial charge in [0.2, 0.25) is 0 Å². The summed E-state index contributed by atoms with van der Waals surface area (Å²) in [5.74, 6) is 0. The molecule has 3 aromatic carbocycles. The second kappa shape index (κ2) is 11.7. The molecule has 0 aliphatic rings. The van der Waals surface area contributed by atoms with E-state index in [-0.39, 0.29) is 21.4 Å². The number of alkyl halides is 3. The van der Waals surface area contributed by atoms with Crippen LogP contribution in [0.1, 0.15) is 11.1 Å². The van der Waals surface area contributed by atoms with Crippen molar-refractivity contribution in [2.24, 2.45) is 0 Å². The molecule has 12 heteroatoms. The van der Waals surface area contributed by atoms with Gasteiger partial charge in [-0.25, -0.2) is 0 Å². The van der Waals surface area contributed by atoms with Crippen molar-refractivity contribution in [1.82, 2.24) is 0 Å². The third-order valence-corrected chi connectivity index (χ3v) is 4.51. The zero-order valence-corrected chi connectivity index (χ0v) is 18.7. The first-order valence-corrected chi connectivity index (χ1v) is 9.69. The monoisotopic (exact) mass is 508 g/mol. The number of nitro groups is 1. The van der Waals surface area contributed by atoms with E-state index in [1.807, 2.05) is 13.0 Å². The lowest BCUT2D eigenvalue weighted by Gasteiger charge is -2.09. The van der Waals surface area contributed by atoms with Crippen LogP contribution in [0.15, 0.2) is 54.6 Å². The molecule has 0 fully saturated rings. The molecule has 0 atom stereocenters. The summed E-state index contributed by atoms with van der Waals surface area (Å²) >= 11 is 16.5. The average Bonchev–Trinajstić information content (AvgIpc) is 2.69. The second-order valence-electron chi connectivity index (χ2n) is 6.20. The molecule has 0 amide bonds. The van der Waals surface area contributed by atoms with Gasteiger partial charge in [-0.15, -0.1) is 0 Å². The number of nitrogens with zero attached hydrogens (tertiary/aromatic N) is 1. The maximum atomic E-state index is 12.1. The van der Waals surface area contributed by atoms with Crippen LogP contribution in [0, 0.1) is 17.0 Å². The molecule has 0 bridgehead atoms. The number of rotatable bonds is 1. The summed E-state index contributed by atoms with van der Waals surface area (Å²) in [5.41, 5.74) is 16.7. The van der Waals surface area contributed by atoms with E-state index >= 15 is 0 Å². The fourth-order valence-corrected chi connectivity index (χ4v) is 2.67. The van der Waals surface area contributed by atoms with E-state index in [1.165, 1.54) is 24.3 Å². The Bertz CT molecular complexity index is 1100. The lowest BCUT2D eigenvalue weighted by atomic mass is 10.2. The Kier molecular flexibility index (Phi) is 9.89. The van der Waals surface area contributed by atoms with Crippen molar-refractivity contribution in [3.05, 3.63) is 90.9 Å². The molecular weight excluding hydrogens is 492 g/mol. The van der Waals surface area contributed by atoms with Crippen LogP contribution in [0.3, 0.4) is 0 Å². The molecular formula is C20H18Cl3F3N4O2. The van der Waals surface area contributed by atoms with Crippen LogP contribution in [0.5, 0.6) is 0 Å². The van der Waals surface area contributed by atoms with Gasteiger partial charge in [0.15, 0.2) is 0 Å². The predicted molar refractivity (Wildman–Crippen MR) is 124 cm³/mol. The average molecular weight is 510 g/mol. The lowest BCUT2D eigenvalue weighted by molar-refractivity contribution is -0.384. The number of hydrogen-bond donors (Lipinski definition) is 3. The van der Waals surface area contributed by atoms with E-state index in [0.717, 1.165) is 28.4 Å².